The van der Waals surface area contributed by atoms with Crippen molar-refractivity contribution in [2.75, 3.05) is 25.8 Å². The van der Waals surface area contributed by atoms with Gasteiger partial charge in [0.2, 0.25) is 11.8 Å². The van der Waals surface area contributed by atoms with Crippen LogP contribution < -0.4 is 4.74 Å². The van der Waals surface area contributed by atoms with Crippen LogP contribution in [0.1, 0.15) is 19.4 Å². The molecule has 1 fully saturated rings. The molecule has 0 bridgehead atoms. The lowest BCUT2D eigenvalue weighted by atomic mass is 10.1. The zero-order valence-electron chi connectivity index (χ0n) is 14.1. The van der Waals surface area contributed by atoms with E-state index in [2.05, 4.69) is 0 Å². The summed E-state index contributed by atoms with van der Waals surface area (Å²) in [7, 11) is 3.41. The summed E-state index contributed by atoms with van der Waals surface area (Å²) in [6.45, 7) is 3.95. The fraction of sp³-hybridized carbons (Fsp3) is 0.529. The van der Waals surface area contributed by atoms with E-state index < -0.39 is 0 Å². The highest BCUT2D eigenvalue weighted by Crippen LogP contribution is 2.24. The molecule has 0 spiro atoms. The highest BCUT2D eigenvalue weighted by Gasteiger charge is 2.36. The third kappa shape index (κ3) is 4.19. The normalized spacial score (nSPS) is 17.4. The molecule has 0 saturated carbocycles. The molecule has 1 aromatic carbocycles. The number of carbonyl (C=O) groups excluding carboxylic acids is 2. The van der Waals surface area contributed by atoms with Gasteiger partial charge in [-0.25, -0.2) is 0 Å². The van der Waals surface area contributed by atoms with Crippen LogP contribution in [0.5, 0.6) is 5.75 Å². The fourth-order valence-corrected chi connectivity index (χ4v) is 3.57. The summed E-state index contributed by atoms with van der Waals surface area (Å²) in [6, 6.07) is 7.24. The maximum Gasteiger partial charge on any atom is 0.246 e. The number of methoxy groups -OCH3 is 1. The number of likely N-dealkylation sites (N-methyl/N-ethyl adjacent to an activating group) is 1. The average Bonchev–Trinajstić information content (AvgIpc) is 3.03. The maximum atomic E-state index is 12.6. The predicted octanol–water partition coefficient (Wildman–Crippen LogP) is 2.01. The molecule has 2 amide bonds. The van der Waals surface area contributed by atoms with Crippen molar-refractivity contribution in [3.05, 3.63) is 29.8 Å². The summed E-state index contributed by atoms with van der Waals surface area (Å²) < 4.78 is 5.12. The van der Waals surface area contributed by atoms with Gasteiger partial charge in [-0.05, 0) is 31.5 Å². The Hall–Kier alpha value is -1.69. The van der Waals surface area contributed by atoms with E-state index in [1.54, 1.807) is 35.7 Å². The number of hydrogen-bond donors (Lipinski definition) is 0. The van der Waals surface area contributed by atoms with Crippen LogP contribution in [-0.2, 0) is 16.0 Å². The number of rotatable bonds is 5. The molecule has 0 radical (unpaired) electrons. The second kappa shape index (κ2) is 7.73. The minimum absolute atomic E-state index is 0.00401. The second-order valence-electron chi connectivity index (χ2n) is 5.95. The second-order valence-corrected chi connectivity index (χ2v) is 6.95. The van der Waals surface area contributed by atoms with Gasteiger partial charge in [0.25, 0.3) is 0 Å². The molecule has 1 heterocycles. The molecule has 1 saturated heterocycles. The summed E-state index contributed by atoms with van der Waals surface area (Å²) in [5.74, 6) is 2.04. The molecule has 126 valence electrons. The quantitative estimate of drug-likeness (QED) is 0.825. The van der Waals surface area contributed by atoms with Crippen molar-refractivity contribution in [2.24, 2.45) is 0 Å². The van der Waals surface area contributed by atoms with E-state index in [0.717, 1.165) is 11.3 Å². The van der Waals surface area contributed by atoms with E-state index in [4.69, 9.17) is 4.74 Å². The lowest BCUT2D eigenvalue weighted by Crippen LogP contribution is -2.49. The molecule has 2 rings (SSSR count). The van der Waals surface area contributed by atoms with E-state index in [1.165, 1.54) is 0 Å². The Morgan fingerprint density at radius 3 is 2.57 bits per heavy atom. The Bertz CT molecular complexity index is 559. The highest BCUT2D eigenvalue weighted by atomic mass is 32.2. The van der Waals surface area contributed by atoms with Crippen LogP contribution in [0.2, 0.25) is 0 Å². The molecule has 0 N–H and O–H groups in total. The molecule has 6 heteroatoms. The summed E-state index contributed by atoms with van der Waals surface area (Å²) >= 11 is 1.63. The third-order valence-corrected chi connectivity index (χ3v) is 5.14. The molecular weight excluding hydrogens is 312 g/mol. The monoisotopic (exact) mass is 336 g/mol. The molecule has 0 unspecified atom stereocenters. The van der Waals surface area contributed by atoms with E-state index in [-0.39, 0.29) is 23.9 Å². The minimum Gasteiger partial charge on any atom is -0.497 e. The van der Waals surface area contributed by atoms with Crippen molar-refractivity contribution < 1.29 is 14.3 Å². The highest BCUT2D eigenvalue weighted by molar-refractivity contribution is 7.99. The van der Waals surface area contributed by atoms with Crippen molar-refractivity contribution in [3.8, 4) is 5.75 Å². The standard InChI is InChI=1S/C17H24N2O3S/c1-12(2)18(3)17(21)15-10-23-11-19(15)16(20)9-13-5-7-14(22-4)8-6-13/h5-8,12,15H,9-11H2,1-4H3/t15-/m1/s1. The summed E-state index contributed by atoms with van der Waals surface area (Å²) in [5, 5.41) is 0. The Morgan fingerprint density at radius 1 is 1.35 bits per heavy atom. The van der Waals surface area contributed by atoms with E-state index in [9.17, 15) is 9.59 Å². The van der Waals surface area contributed by atoms with Crippen molar-refractivity contribution >= 4 is 23.6 Å². The molecule has 5 nitrogen and oxygen atoms in total. The van der Waals surface area contributed by atoms with E-state index in [0.29, 0.717) is 18.1 Å². The number of carbonyl (C=O) groups is 2. The maximum absolute atomic E-state index is 12.6. The zero-order chi connectivity index (χ0) is 17.0. The average molecular weight is 336 g/mol. The Balaban J connectivity index is 2.03. The van der Waals surface area contributed by atoms with Crippen LogP contribution in [-0.4, -0.2) is 59.5 Å². The minimum atomic E-state index is -0.349. The molecule has 0 aliphatic carbocycles. The first-order valence-electron chi connectivity index (χ1n) is 7.71. The van der Waals surface area contributed by atoms with Gasteiger partial charge in [-0.15, -0.1) is 11.8 Å². The van der Waals surface area contributed by atoms with Crippen LogP contribution in [0.3, 0.4) is 0 Å². The van der Waals surface area contributed by atoms with Crippen molar-refractivity contribution in [2.45, 2.75) is 32.4 Å². The number of hydrogen-bond acceptors (Lipinski definition) is 4. The number of benzene rings is 1. The van der Waals surface area contributed by atoms with Crippen LogP contribution in [0, 0.1) is 0 Å². The molecule has 1 aliphatic heterocycles. The van der Waals surface area contributed by atoms with Gasteiger partial charge in [0, 0.05) is 18.8 Å². The van der Waals surface area contributed by atoms with E-state index >= 15 is 0 Å². The van der Waals surface area contributed by atoms with Gasteiger partial charge < -0.3 is 14.5 Å². The van der Waals surface area contributed by atoms with Gasteiger partial charge in [-0.1, -0.05) is 12.1 Å². The lowest BCUT2D eigenvalue weighted by molar-refractivity contribution is -0.143. The number of ether oxygens (including phenoxy) is 1. The number of nitrogens with zero attached hydrogens (tertiary/aromatic N) is 2. The SMILES string of the molecule is COc1ccc(CC(=O)N2CSC[C@@H]2C(=O)N(C)C(C)C)cc1. The molecule has 0 aromatic heterocycles. The van der Waals surface area contributed by atoms with Crippen LogP contribution in [0.4, 0.5) is 0 Å². The fourth-order valence-electron chi connectivity index (χ4n) is 2.40. The van der Waals surface area contributed by atoms with E-state index in [1.807, 2.05) is 38.1 Å². The Kier molecular flexibility index (Phi) is 5.93. The topological polar surface area (TPSA) is 49.9 Å². The van der Waals surface area contributed by atoms with Gasteiger partial charge in [0.15, 0.2) is 0 Å². The lowest BCUT2D eigenvalue weighted by Gasteiger charge is -2.29. The van der Waals surface area contributed by atoms with Gasteiger partial charge in [-0.3, -0.25) is 9.59 Å². The van der Waals surface area contributed by atoms with Gasteiger partial charge >= 0.3 is 0 Å². The Morgan fingerprint density at radius 2 is 2.00 bits per heavy atom. The van der Waals surface area contributed by atoms with Gasteiger partial charge in [0.05, 0.1) is 19.4 Å². The van der Waals surface area contributed by atoms with Crippen LogP contribution in [0.15, 0.2) is 24.3 Å². The van der Waals surface area contributed by atoms with Gasteiger partial charge in [-0.2, -0.15) is 0 Å². The van der Waals surface area contributed by atoms with Crippen molar-refractivity contribution in [1.82, 2.24) is 9.80 Å². The Labute approximate surface area is 142 Å². The first-order valence-corrected chi connectivity index (χ1v) is 8.86. The number of thioether (sulfide) groups is 1. The predicted molar refractivity (Wildman–Crippen MR) is 92.6 cm³/mol. The smallest absolute Gasteiger partial charge is 0.246 e. The molecule has 23 heavy (non-hydrogen) atoms. The first-order chi connectivity index (χ1) is 10.9. The van der Waals surface area contributed by atoms with Crippen LogP contribution in [0.25, 0.3) is 0 Å². The molecular formula is C17H24N2O3S. The third-order valence-electron chi connectivity index (χ3n) is 4.12. The summed E-state index contributed by atoms with van der Waals surface area (Å²) in [4.78, 5) is 28.5. The largest absolute Gasteiger partial charge is 0.497 e. The first kappa shape index (κ1) is 17.7. The molecule has 1 atom stereocenters. The molecule has 1 aromatic rings. The summed E-state index contributed by atoms with van der Waals surface area (Å²) in [6.07, 6.45) is 0.305. The van der Waals surface area contributed by atoms with Gasteiger partial charge in [0.1, 0.15) is 11.8 Å². The van der Waals surface area contributed by atoms with Crippen molar-refractivity contribution in [1.29, 1.82) is 0 Å². The summed E-state index contributed by atoms with van der Waals surface area (Å²) in [5.41, 5.74) is 0.927. The van der Waals surface area contributed by atoms with Crippen LogP contribution >= 0.6 is 11.8 Å². The number of amides is 2. The zero-order valence-corrected chi connectivity index (χ0v) is 14.9. The van der Waals surface area contributed by atoms with Crippen molar-refractivity contribution in [3.63, 3.8) is 0 Å². The molecule has 1 aliphatic rings.